The molecule has 0 unspecified atom stereocenters. The van der Waals surface area contributed by atoms with Crippen LogP contribution in [0.1, 0.15) is 27.9 Å². The van der Waals surface area contributed by atoms with E-state index in [1.165, 1.54) is 37.4 Å². The predicted octanol–water partition coefficient (Wildman–Crippen LogP) is 2.27. The van der Waals surface area contributed by atoms with Crippen LogP contribution < -0.4 is 24.8 Å². The second-order valence-corrected chi connectivity index (χ2v) is 12.7. The summed E-state index contributed by atoms with van der Waals surface area (Å²) in [5.74, 6) is -0.961. The van der Waals surface area contributed by atoms with Gasteiger partial charge in [-0.2, -0.15) is 0 Å². The summed E-state index contributed by atoms with van der Waals surface area (Å²) in [6.45, 7) is 0.106. The van der Waals surface area contributed by atoms with Crippen LogP contribution in [-0.2, 0) is 32.4 Å². The van der Waals surface area contributed by atoms with Crippen molar-refractivity contribution >= 4 is 27.6 Å². The zero-order valence-electron chi connectivity index (χ0n) is 24.2. The third kappa shape index (κ3) is 7.46. The summed E-state index contributed by atoms with van der Waals surface area (Å²) in [6, 6.07) is 14.2. The zero-order chi connectivity index (χ0) is 31.4. The molecule has 0 radical (unpaired) electrons. The summed E-state index contributed by atoms with van der Waals surface area (Å²) in [5, 5.41) is 5.64. The minimum atomic E-state index is -3.37. The summed E-state index contributed by atoms with van der Waals surface area (Å²) in [6.07, 6.45) is 0.881. The number of rotatable bonds is 4. The van der Waals surface area contributed by atoms with Gasteiger partial charge in [0.05, 0.1) is 24.5 Å². The van der Waals surface area contributed by atoms with E-state index in [4.69, 9.17) is 14.2 Å². The molecule has 0 aliphatic carbocycles. The molecule has 11 nitrogen and oxygen atoms in total. The van der Waals surface area contributed by atoms with E-state index in [0.29, 0.717) is 29.8 Å². The van der Waals surface area contributed by atoms with Crippen LogP contribution in [-0.4, -0.2) is 76.2 Å². The maximum Gasteiger partial charge on any atom is 0.258 e. The minimum absolute atomic E-state index is 0.0335. The van der Waals surface area contributed by atoms with Crippen molar-refractivity contribution in [1.29, 1.82) is 0 Å². The third-order valence-corrected chi connectivity index (χ3v) is 8.55. The first-order chi connectivity index (χ1) is 21.0. The lowest BCUT2D eigenvalue weighted by molar-refractivity contribution is -0.133. The van der Waals surface area contributed by atoms with Crippen LogP contribution in [0.2, 0.25) is 0 Å². The number of amides is 3. The van der Waals surface area contributed by atoms with Crippen LogP contribution >= 0.6 is 0 Å². The molecule has 44 heavy (non-hydrogen) atoms. The van der Waals surface area contributed by atoms with Gasteiger partial charge in [-0.15, -0.1) is 0 Å². The van der Waals surface area contributed by atoms with Crippen LogP contribution in [0, 0.1) is 5.82 Å². The molecule has 3 aromatic carbocycles. The highest BCUT2D eigenvalue weighted by Crippen LogP contribution is 2.29. The van der Waals surface area contributed by atoms with Crippen molar-refractivity contribution in [1.82, 2.24) is 15.5 Å². The van der Waals surface area contributed by atoms with Crippen molar-refractivity contribution in [3.63, 3.8) is 0 Å². The second kappa shape index (κ2) is 12.9. The predicted molar refractivity (Wildman–Crippen MR) is 157 cm³/mol. The van der Waals surface area contributed by atoms with Gasteiger partial charge in [0.15, 0.2) is 27.9 Å². The van der Waals surface area contributed by atoms with Crippen molar-refractivity contribution in [2.75, 3.05) is 33.1 Å². The molecular formula is C31H32FN3O8S. The van der Waals surface area contributed by atoms with Crippen molar-refractivity contribution in [2.24, 2.45) is 0 Å². The van der Waals surface area contributed by atoms with Gasteiger partial charge in [-0.25, -0.2) is 12.8 Å². The third-order valence-electron chi connectivity index (χ3n) is 7.42. The van der Waals surface area contributed by atoms with E-state index in [0.717, 1.165) is 6.26 Å². The average Bonchev–Trinajstić information content (AvgIpc) is 2.98. The molecule has 4 bridgehead atoms. The first-order valence-corrected chi connectivity index (χ1v) is 15.8. The van der Waals surface area contributed by atoms with Crippen molar-refractivity contribution in [3.8, 4) is 17.2 Å². The number of hydrogen-bond acceptors (Lipinski definition) is 8. The summed E-state index contributed by atoms with van der Waals surface area (Å²) < 4.78 is 55.2. The lowest BCUT2D eigenvalue weighted by Gasteiger charge is -2.39. The molecule has 5 rings (SSSR count). The Hall–Kier alpha value is -4.65. The van der Waals surface area contributed by atoms with Gasteiger partial charge in [0, 0.05) is 43.9 Å². The van der Waals surface area contributed by atoms with Crippen molar-refractivity contribution in [2.45, 2.75) is 36.4 Å². The van der Waals surface area contributed by atoms with Gasteiger partial charge in [-0.3, -0.25) is 14.4 Å². The van der Waals surface area contributed by atoms with E-state index in [1.807, 2.05) is 0 Å². The second-order valence-electron chi connectivity index (χ2n) is 10.7. The normalized spacial score (nSPS) is 19.0. The van der Waals surface area contributed by atoms with Gasteiger partial charge in [-0.1, -0.05) is 12.1 Å². The smallest absolute Gasteiger partial charge is 0.258 e. The number of likely N-dealkylation sites (tertiary alicyclic amines) is 1. The molecule has 2 N–H and O–H groups in total. The fourth-order valence-corrected chi connectivity index (χ4v) is 5.75. The summed E-state index contributed by atoms with van der Waals surface area (Å²) in [5.41, 5.74) is 1.34. The fraction of sp³-hybridized carbons (Fsp3) is 0.323. The summed E-state index contributed by atoms with van der Waals surface area (Å²) in [7, 11) is -1.93. The van der Waals surface area contributed by atoms with Crippen LogP contribution in [0.5, 0.6) is 17.2 Å². The number of nitrogens with zero attached hydrogens (tertiary/aromatic N) is 1. The molecule has 2 aliphatic rings. The van der Waals surface area contributed by atoms with Crippen molar-refractivity contribution in [3.05, 3.63) is 83.2 Å². The Bertz CT molecular complexity index is 1680. The molecular weight excluding hydrogens is 593 g/mol. The molecule has 2 aliphatic heterocycles. The van der Waals surface area contributed by atoms with E-state index < -0.39 is 39.6 Å². The Morgan fingerprint density at radius 3 is 2.59 bits per heavy atom. The molecule has 3 aromatic rings. The number of benzene rings is 3. The number of nitrogens with one attached hydrogen (secondary N) is 2. The van der Waals surface area contributed by atoms with Crippen molar-refractivity contribution < 1.29 is 41.4 Å². The summed E-state index contributed by atoms with van der Waals surface area (Å²) >= 11 is 0. The van der Waals surface area contributed by atoms with Gasteiger partial charge >= 0.3 is 0 Å². The van der Waals surface area contributed by atoms with Crippen LogP contribution in [0.4, 0.5) is 4.39 Å². The number of fused-ring (bicyclic) bond motifs is 5. The Labute approximate surface area is 254 Å². The number of piperidine rings is 1. The first kappa shape index (κ1) is 30.8. The molecule has 1 fully saturated rings. The van der Waals surface area contributed by atoms with Gasteiger partial charge in [0.25, 0.3) is 11.8 Å². The Balaban J connectivity index is 1.40. The molecule has 3 amide bonds. The molecule has 0 saturated carbocycles. The number of carbonyl (C=O) groups excluding carboxylic acids is 3. The van der Waals surface area contributed by atoms with E-state index in [1.54, 1.807) is 35.2 Å². The Kier molecular flexibility index (Phi) is 9.04. The van der Waals surface area contributed by atoms with E-state index >= 15 is 0 Å². The zero-order valence-corrected chi connectivity index (χ0v) is 25.0. The Morgan fingerprint density at radius 2 is 1.86 bits per heavy atom. The topological polar surface area (TPSA) is 140 Å². The highest BCUT2D eigenvalue weighted by atomic mass is 32.2. The molecule has 13 heteroatoms. The number of halogens is 1. The highest BCUT2D eigenvalue weighted by Gasteiger charge is 2.34. The maximum absolute atomic E-state index is 14.5. The highest BCUT2D eigenvalue weighted by molar-refractivity contribution is 7.90. The fourth-order valence-electron chi connectivity index (χ4n) is 5.12. The molecule has 232 valence electrons. The number of hydrogen-bond donors (Lipinski definition) is 2. The van der Waals surface area contributed by atoms with E-state index in [9.17, 15) is 27.2 Å². The van der Waals surface area contributed by atoms with Crippen LogP contribution in [0.15, 0.2) is 65.6 Å². The van der Waals surface area contributed by atoms with Gasteiger partial charge in [-0.05, 0) is 53.6 Å². The Morgan fingerprint density at radius 1 is 1.09 bits per heavy atom. The molecule has 0 aromatic heterocycles. The number of ether oxygens (including phenoxy) is 3. The quantitative estimate of drug-likeness (QED) is 0.450. The number of sulfone groups is 1. The maximum atomic E-state index is 14.5. The largest absolute Gasteiger partial charge is 0.493 e. The first-order valence-electron chi connectivity index (χ1n) is 13.9. The standard InChI is InChI=1S/C31H32FN3O8S/c1-41-27-8-5-21-14-28(27)42-18-29(36)33-16-20-11-22(32)15-23(12-20)43-26-9-10-35(17-25(26)34-31(21)38)30(37)13-19-3-6-24(7-4-19)44(2,39)40/h3-8,11-12,14-15,25-26H,9-10,13,16-18H2,1-2H3,(H,33,36)(H,34,38)/t25-,26+/m0/s1. The number of methoxy groups -OCH3 is 1. The monoisotopic (exact) mass is 625 g/mol. The molecule has 0 spiro atoms. The van der Waals surface area contributed by atoms with Gasteiger partial charge in [0.2, 0.25) is 5.91 Å². The summed E-state index contributed by atoms with van der Waals surface area (Å²) in [4.78, 5) is 40.9. The SMILES string of the molecule is COc1ccc2cc1OCC(=O)NCc1cc(F)cc(c1)O[C@@H]1CCN(C(=O)Cc3ccc(S(C)(=O)=O)cc3)C[C@@H]1NC2=O. The van der Waals surface area contributed by atoms with Crippen LogP contribution in [0.25, 0.3) is 0 Å². The molecule has 2 heterocycles. The lowest BCUT2D eigenvalue weighted by Crippen LogP contribution is -2.58. The average molecular weight is 626 g/mol. The van der Waals surface area contributed by atoms with Gasteiger partial charge < -0.3 is 29.7 Å². The number of carbonyl (C=O) groups is 3. The van der Waals surface area contributed by atoms with E-state index in [-0.39, 0.29) is 54.0 Å². The van der Waals surface area contributed by atoms with Crippen LogP contribution in [0.3, 0.4) is 0 Å². The molecule has 1 saturated heterocycles. The van der Waals surface area contributed by atoms with Gasteiger partial charge in [0.1, 0.15) is 17.7 Å². The minimum Gasteiger partial charge on any atom is -0.493 e. The lowest BCUT2D eigenvalue weighted by atomic mass is 9.99. The molecule has 2 atom stereocenters. The van der Waals surface area contributed by atoms with E-state index in [2.05, 4.69) is 10.6 Å².